The van der Waals surface area contributed by atoms with Crippen molar-refractivity contribution in [2.75, 3.05) is 26.2 Å². The van der Waals surface area contributed by atoms with Gasteiger partial charge in [-0.1, -0.05) is 15.9 Å². The van der Waals surface area contributed by atoms with Crippen LogP contribution in [-0.2, 0) is 11.2 Å². The summed E-state index contributed by atoms with van der Waals surface area (Å²) >= 11 is 3.38. The SMILES string of the molecule is C[C@H]1CN(CCc2cc(Br)ccc2F)CCN1C(=O)OC(C)(C)C. The van der Waals surface area contributed by atoms with Crippen molar-refractivity contribution >= 4 is 22.0 Å². The Balaban J connectivity index is 1.87. The summed E-state index contributed by atoms with van der Waals surface area (Å²) in [5, 5.41) is 0. The average molecular weight is 401 g/mol. The largest absolute Gasteiger partial charge is 0.444 e. The molecule has 1 aliphatic rings. The first-order valence-corrected chi connectivity index (χ1v) is 9.11. The number of carbonyl (C=O) groups excluding carboxylic acids is 1. The molecular weight excluding hydrogens is 375 g/mol. The van der Waals surface area contributed by atoms with E-state index < -0.39 is 5.60 Å². The molecule has 134 valence electrons. The quantitative estimate of drug-likeness (QED) is 0.766. The second-order valence-electron chi connectivity index (χ2n) is 7.31. The number of carbonyl (C=O) groups is 1. The summed E-state index contributed by atoms with van der Waals surface area (Å²) < 4.78 is 20.2. The van der Waals surface area contributed by atoms with Gasteiger partial charge in [-0.2, -0.15) is 0 Å². The maximum absolute atomic E-state index is 13.8. The number of piperazine rings is 1. The lowest BCUT2D eigenvalue weighted by molar-refractivity contribution is 0.00161. The first-order valence-electron chi connectivity index (χ1n) is 8.31. The molecule has 0 bridgehead atoms. The molecule has 1 heterocycles. The third kappa shape index (κ3) is 5.45. The molecule has 1 saturated heterocycles. The highest BCUT2D eigenvalue weighted by atomic mass is 79.9. The van der Waals surface area contributed by atoms with E-state index in [0.29, 0.717) is 18.5 Å². The Hall–Kier alpha value is -1.14. The Morgan fingerprint density at radius 2 is 2.08 bits per heavy atom. The molecule has 0 spiro atoms. The number of nitrogens with zero attached hydrogens (tertiary/aromatic N) is 2. The van der Waals surface area contributed by atoms with Crippen LogP contribution in [0, 0.1) is 5.82 Å². The van der Waals surface area contributed by atoms with Crippen LogP contribution in [0.4, 0.5) is 9.18 Å². The molecule has 1 amide bonds. The molecule has 0 saturated carbocycles. The number of halogens is 2. The Bertz CT molecular complexity index is 589. The van der Waals surface area contributed by atoms with Crippen molar-refractivity contribution in [3.8, 4) is 0 Å². The van der Waals surface area contributed by atoms with E-state index in [-0.39, 0.29) is 18.0 Å². The number of hydrogen-bond donors (Lipinski definition) is 0. The Labute approximate surface area is 152 Å². The zero-order valence-electron chi connectivity index (χ0n) is 14.8. The summed E-state index contributed by atoms with van der Waals surface area (Å²) in [5.74, 6) is -0.168. The third-order valence-corrected chi connectivity index (χ3v) is 4.54. The highest BCUT2D eigenvalue weighted by Gasteiger charge is 2.30. The highest BCUT2D eigenvalue weighted by Crippen LogP contribution is 2.18. The molecule has 1 aliphatic heterocycles. The van der Waals surface area contributed by atoms with Gasteiger partial charge in [-0.25, -0.2) is 9.18 Å². The molecule has 0 aromatic heterocycles. The minimum absolute atomic E-state index is 0.0842. The summed E-state index contributed by atoms with van der Waals surface area (Å²) in [5.41, 5.74) is 0.234. The topological polar surface area (TPSA) is 32.8 Å². The maximum Gasteiger partial charge on any atom is 0.410 e. The monoisotopic (exact) mass is 400 g/mol. The minimum Gasteiger partial charge on any atom is -0.444 e. The van der Waals surface area contributed by atoms with Gasteiger partial charge in [0.1, 0.15) is 11.4 Å². The molecule has 2 rings (SSSR count). The van der Waals surface area contributed by atoms with Gasteiger partial charge in [0, 0.05) is 36.7 Å². The summed E-state index contributed by atoms with van der Waals surface area (Å²) in [6.45, 7) is 10.6. The van der Waals surface area contributed by atoms with Gasteiger partial charge < -0.3 is 9.64 Å². The van der Waals surface area contributed by atoms with Gasteiger partial charge in [-0.3, -0.25) is 4.90 Å². The maximum atomic E-state index is 13.8. The van der Waals surface area contributed by atoms with Crippen LogP contribution < -0.4 is 0 Å². The van der Waals surface area contributed by atoms with E-state index >= 15 is 0 Å². The molecule has 24 heavy (non-hydrogen) atoms. The second-order valence-corrected chi connectivity index (χ2v) is 8.22. The minimum atomic E-state index is -0.480. The van der Waals surface area contributed by atoms with Crippen LogP contribution >= 0.6 is 15.9 Å². The number of hydrogen-bond acceptors (Lipinski definition) is 3. The van der Waals surface area contributed by atoms with E-state index in [1.165, 1.54) is 6.07 Å². The molecule has 6 heteroatoms. The van der Waals surface area contributed by atoms with Crippen LogP contribution in [0.3, 0.4) is 0 Å². The van der Waals surface area contributed by atoms with E-state index in [1.54, 1.807) is 11.0 Å². The Kier molecular flexibility index (Phi) is 6.26. The van der Waals surface area contributed by atoms with E-state index in [1.807, 2.05) is 33.8 Å². The van der Waals surface area contributed by atoms with Gasteiger partial charge in [-0.05, 0) is 57.9 Å². The van der Waals surface area contributed by atoms with E-state index in [9.17, 15) is 9.18 Å². The van der Waals surface area contributed by atoms with Gasteiger partial charge in [0.25, 0.3) is 0 Å². The lowest BCUT2D eigenvalue weighted by Gasteiger charge is -2.40. The molecule has 1 aromatic rings. The molecule has 0 N–H and O–H groups in total. The number of ether oxygens (including phenoxy) is 1. The molecule has 1 atom stereocenters. The van der Waals surface area contributed by atoms with Gasteiger partial charge in [-0.15, -0.1) is 0 Å². The van der Waals surface area contributed by atoms with Crippen LogP contribution in [-0.4, -0.2) is 53.7 Å². The van der Waals surface area contributed by atoms with Gasteiger partial charge in [0.15, 0.2) is 0 Å². The average Bonchev–Trinajstić information content (AvgIpc) is 2.46. The van der Waals surface area contributed by atoms with E-state index in [0.717, 1.165) is 24.1 Å². The molecule has 1 aromatic carbocycles. The van der Waals surface area contributed by atoms with Crippen molar-refractivity contribution in [2.24, 2.45) is 0 Å². The molecule has 1 fully saturated rings. The summed E-state index contributed by atoms with van der Waals surface area (Å²) in [4.78, 5) is 16.3. The fraction of sp³-hybridized carbons (Fsp3) is 0.611. The second kappa shape index (κ2) is 7.83. The first-order chi connectivity index (χ1) is 11.2. The summed E-state index contributed by atoms with van der Waals surface area (Å²) in [7, 11) is 0. The van der Waals surface area contributed by atoms with Gasteiger partial charge in [0.2, 0.25) is 0 Å². The molecule has 0 radical (unpaired) electrons. The number of benzene rings is 1. The fourth-order valence-electron chi connectivity index (χ4n) is 2.84. The van der Waals surface area contributed by atoms with Crippen molar-refractivity contribution < 1.29 is 13.9 Å². The van der Waals surface area contributed by atoms with E-state index in [4.69, 9.17) is 4.74 Å². The van der Waals surface area contributed by atoms with Crippen LogP contribution in [0.5, 0.6) is 0 Å². The van der Waals surface area contributed by atoms with E-state index in [2.05, 4.69) is 20.8 Å². The number of amides is 1. The summed E-state index contributed by atoms with van der Waals surface area (Å²) in [6.07, 6.45) is 0.400. The van der Waals surface area contributed by atoms with Crippen LogP contribution in [0.2, 0.25) is 0 Å². The lowest BCUT2D eigenvalue weighted by Crippen LogP contribution is -2.55. The molecule has 0 aliphatic carbocycles. The lowest BCUT2D eigenvalue weighted by atomic mass is 10.1. The fourth-order valence-corrected chi connectivity index (χ4v) is 3.25. The predicted octanol–water partition coefficient (Wildman–Crippen LogP) is 4.07. The zero-order valence-corrected chi connectivity index (χ0v) is 16.4. The van der Waals surface area contributed by atoms with Gasteiger partial charge in [0.05, 0.1) is 0 Å². The Morgan fingerprint density at radius 1 is 1.38 bits per heavy atom. The highest BCUT2D eigenvalue weighted by molar-refractivity contribution is 9.10. The smallest absolute Gasteiger partial charge is 0.410 e. The third-order valence-electron chi connectivity index (χ3n) is 4.04. The van der Waals surface area contributed by atoms with Crippen molar-refractivity contribution in [2.45, 2.75) is 45.8 Å². The standard InChI is InChI=1S/C18H26BrFN2O2/c1-13-12-21(8-7-14-11-15(19)5-6-16(14)20)9-10-22(13)17(23)24-18(2,3)4/h5-6,11,13H,7-10,12H2,1-4H3/t13-/m0/s1. The van der Waals surface area contributed by atoms with Crippen LogP contribution in [0.1, 0.15) is 33.3 Å². The number of rotatable bonds is 3. The normalized spacial score (nSPS) is 19.4. The molecule has 0 unspecified atom stereocenters. The van der Waals surface area contributed by atoms with Crippen LogP contribution in [0.25, 0.3) is 0 Å². The molecular formula is C18H26BrFN2O2. The van der Waals surface area contributed by atoms with Crippen molar-refractivity contribution in [1.29, 1.82) is 0 Å². The van der Waals surface area contributed by atoms with Crippen molar-refractivity contribution in [1.82, 2.24) is 9.80 Å². The zero-order chi connectivity index (χ0) is 17.9. The van der Waals surface area contributed by atoms with Crippen molar-refractivity contribution in [3.05, 3.63) is 34.1 Å². The van der Waals surface area contributed by atoms with Crippen molar-refractivity contribution in [3.63, 3.8) is 0 Å². The molecule has 4 nitrogen and oxygen atoms in total. The Morgan fingerprint density at radius 3 is 2.71 bits per heavy atom. The van der Waals surface area contributed by atoms with Crippen LogP contribution in [0.15, 0.2) is 22.7 Å². The summed E-state index contributed by atoms with van der Waals surface area (Å²) in [6, 6.07) is 5.11. The first kappa shape index (κ1) is 19.2. The predicted molar refractivity (Wildman–Crippen MR) is 96.6 cm³/mol. The van der Waals surface area contributed by atoms with Gasteiger partial charge >= 0.3 is 6.09 Å².